The van der Waals surface area contributed by atoms with Gasteiger partial charge >= 0.3 is 6.18 Å². The Bertz CT molecular complexity index is 957. The maximum Gasteiger partial charge on any atom is 0.416 e. The molecule has 0 unspecified atom stereocenters. The molecule has 0 aromatic heterocycles. The first-order chi connectivity index (χ1) is 13.2. The van der Waals surface area contributed by atoms with Crippen LogP contribution in [0.2, 0.25) is 0 Å². The molecule has 0 aliphatic carbocycles. The molecule has 7 heteroatoms. The van der Waals surface area contributed by atoms with Crippen LogP contribution in [0, 0.1) is 5.82 Å². The second-order valence-electron chi connectivity index (χ2n) is 6.26. The first kappa shape index (κ1) is 20.2. The van der Waals surface area contributed by atoms with E-state index >= 15 is 0 Å². The number of aromatic hydroxyl groups is 1. The monoisotopic (exact) mass is 407 g/mol. The second-order valence-corrected chi connectivity index (χ2v) is 7.54. The normalized spacial score (nSPS) is 11.8. The van der Waals surface area contributed by atoms with Crippen molar-refractivity contribution in [2.45, 2.75) is 17.6 Å². The lowest BCUT2D eigenvalue weighted by Crippen LogP contribution is -2.08. The van der Waals surface area contributed by atoms with E-state index in [4.69, 9.17) is 0 Å². The molecule has 0 heterocycles. The highest BCUT2D eigenvalue weighted by molar-refractivity contribution is 7.97. The third-order valence-electron chi connectivity index (χ3n) is 4.04. The third-order valence-corrected chi connectivity index (χ3v) is 4.97. The molecule has 1 N–H and O–H groups in total. The average molecular weight is 407 g/mol. The van der Waals surface area contributed by atoms with Gasteiger partial charge in [0.1, 0.15) is 11.6 Å². The van der Waals surface area contributed by atoms with Gasteiger partial charge in [-0.2, -0.15) is 13.2 Å². The maximum atomic E-state index is 13.0. The fraction of sp³-hybridized carbons (Fsp3) is 0.143. The lowest BCUT2D eigenvalue weighted by molar-refractivity contribution is -0.137. The van der Waals surface area contributed by atoms with Crippen molar-refractivity contribution in [2.75, 3.05) is 7.05 Å². The van der Waals surface area contributed by atoms with Crippen LogP contribution in [-0.2, 0) is 12.7 Å². The summed E-state index contributed by atoms with van der Waals surface area (Å²) in [6.45, 7) is 0.480. The summed E-state index contributed by atoms with van der Waals surface area (Å²) >= 11 is 1.41. The van der Waals surface area contributed by atoms with Gasteiger partial charge in [-0.25, -0.2) is 8.70 Å². The zero-order valence-electron chi connectivity index (χ0n) is 14.9. The summed E-state index contributed by atoms with van der Waals surface area (Å²) in [5, 5.41) is 10.1. The molecular formula is C21H17F4NOS. The minimum absolute atomic E-state index is 0.0862. The Hall–Kier alpha value is -2.51. The summed E-state index contributed by atoms with van der Waals surface area (Å²) in [6, 6.07) is 15.8. The van der Waals surface area contributed by atoms with E-state index in [0.29, 0.717) is 17.7 Å². The van der Waals surface area contributed by atoms with Gasteiger partial charge in [0.2, 0.25) is 0 Å². The molecule has 0 atom stereocenters. The smallest absolute Gasteiger partial charge is 0.416 e. The van der Waals surface area contributed by atoms with Crippen LogP contribution in [0.3, 0.4) is 0 Å². The van der Waals surface area contributed by atoms with Crippen LogP contribution in [-0.4, -0.2) is 16.5 Å². The van der Waals surface area contributed by atoms with Gasteiger partial charge in [0, 0.05) is 17.0 Å². The van der Waals surface area contributed by atoms with Gasteiger partial charge in [-0.3, -0.25) is 0 Å². The predicted molar refractivity (Wildman–Crippen MR) is 102 cm³/mol. The molecule has 3 aromatic carbocycles. The summed E-state index contributed by atoms with van der Waals surface area (Å²) < 4.78 is 53.8. The predicted octanol–water partition coefficient (Wildman–Crippen LogP) is 6.36. The molecule has 0 saturated heterocycles. The lowest BCUT2D eigenvalue weighted by atomic mass is 10.00. The van der Waals surface area contributed by atoms with E-state index in [1.807, 2.05) is 11.4 Å². The highest BCUT2D eigenvalue weighted by Crippen LogP contribution is 2.36. The Kier molecular flexibility index (Phi) is 5.96. The standard InChI is InChI=1S/C21H17F4NOS/c1-26(28-18-8-6-17(22)7-9-18)13-14-5-10-20(27)19(11-14)15-3-2-4-16(12-15)21(23,24)25/h2-12,27H,13H2,1H3. The molecule has 0 aliphatic heterocycles. The summed E-state index contributed by atoms with van der Waals surface area (Å²) in [5.41, 5.74) is 0.688. The first-order valence-electron chi connectivity index (χ1n) is 8.36. The molecule has 0 aliphatic rings. The summed E-state index contributed by atoms with van der Waals surface area (Å²) in [6.07, 6.45) is -4.45. The van der Waals surface area contributed by atoms with E-state index in [-0.39, 0.29) is 11.6 Å². The maximum absolute atomic E-state index is 13.0. The van der Waals surface area contributed by atoms with Crippen molar-refractivity contribution in [2.24, 2.45) is 0 Å². The van der Waals surface area contributed by atoms with Gasteiger partial charge < -0.3 is 5.11 Å². The van der Waals surface area contributed by atoms with Crippen LogP contribution in [0.15, 0.2) is 71.6 Å². The zero-order valence-corrected chi connectivity index (χ0v) is 15.7. The van der Waals surface area contributed by atoms with Crippen molar-refractivity contribution in [3.63, 3.8) is 0 Å². The molecule has 0 bridgehead atoms. The van der Waals surface area contributed by atoms with E-state index < -0.39 is 11.7 Å². The highest BCUT2D eigenvalue weighted by Gasteiger charge is 2.30. The second kappa shape index (κ2) is 8.24. The number of phenolic OH excluding ortho intramolecular Hbond substituents is 1. The number of hydrogen-bond donors (Lipinski definition) is 1. The molecule has 0 amide bonds. The molecule has 3 aromatic rings. The topological polar surface area (TPSA) is 23.5 Å². The fourth-order valence-electron chi connectivity index (χ4n) is 2.74. The Morgan fingerprint density at radius 1 is 0.964 bits per heavy atom. The minimum atomic E-state index is -4.45. The molecule has 0 saturated carbocycles. The van der Waals surface area contributed by atoms with Crippen molar-refractivity contribution in [3.05, 3.63) is 83.7 Å². The van der Waals surface area contributed by atoms with Gasteiger partial charge in [-0.1, -0.05) is 18.2 Å². The van der Waals surface area contributed by atoms with E-state index in [0.717, 1.165) is 22.6 Å². The number of benzene rings is 3. The minimum Gasteiger partial charge on any atom is -0.507 e. The van der Waals surface area contributed by atoms with Gasteiger partial charge in [-0.15, -0.1) is 0 Å². The molecule has 28 heavy (non-hydrogen) atoms. The summed E-state index contributed by atoms with van der Waals surface area (Å²) in [4.78, 5) is 0.862. The number of nitrogens with zero attached hydrogens (tertiary/aromatic N) is 1. The van der Waals surface area contributed by atoms with Crippen LogP contribution in [0.5, 0.6) is 5.75 Å². The van der Waals surface area contributed by atoms with E-state index in [1.54, 1.807) is 24.3 Å². The van der Waals surface area contributed by atoms with Crippen LogP contribution in [0.1, 0.15) is 11.1 Å². The van der Waals surface area contributed by atoms with Gasteiger partial charge in [0.05, 0.1) is 5.56 Å². The Balaban J connectivity index is 1.80. The number of alkyl halides is 3. The van der Waals surface area contributed by atoms with Crippen molar-refractivity contribution >= 4 is 11.9 Å². The molecule has 2 nitrogen and oxygen atoms in total. The first-order valence-corrected chi connectivity index (χ1v) is 9.14. The Morgan fingerprint density at radius 3 is 2.36 bits per heavy atom. The van der Waals surface area contributed by atoms with E-state index in [2.05, 4.69) is 0 Å². The molecule has 0 radical (unpaired) electrons. The average Bonchev–Trinajstić information content (AvgIpc) is 2.64. The fourth-order valence-corrected chi connectivity index (χ4v) is 3.57. The number of halogens is 4. The van der Waals surface area contributed by atoms with Gasteiger partial charge in [0.25, 0.3) is 0 Å². The molecular weight excluding hydrogens is 390 g/mol. The summed E-state index contributed by atoms with van der Waals surface area (Å²) in [5.74, 6) is -0.395. The zero-order chi connectivity index (χ0) is 20.3. The third kappa shape index (κ3) is 5.05. The van der Waals surface area contributed by atoms with Crippen molar-refractivity contribution < 1.29 is 22.7 Å². The van der Waals surface area contributed by atoms with Crippen LogP contribution in [0.25, 0.3) is 11.1 Å². The van der Waals surface area contributed by atoms with E-state index in [9.17, 15) is 22.7 Å². The molecule has 3 rings (SSSR count). The summed E-state index contributed by atoms with van der Waals surface area (Å²) in [7, 11) is 1.85. The SMILES string of the molecule is CN(Cc1ccc(O)c(-c2cccc(C(F)(F)F)c2)c1)Sc1ccc(F)cc1. The quantitative estimate of drug-likeness (QED) is 0.393. The van der Waals surface area contributed by atoms with Crippen LogP contribution < -0.4 is 0 Å². The number of rotatable bonds is 5. The highest BCUT2D eigenvalue weighted by atomic mass is 32.2. The largest absolute Gasteiger partial charge is 0.507 e. The van der Waals surface area contributed by atoms with Gasteiger partial charge in [0.15, 0.2) is 0 Å². The molecule has 0 spiro atoms. The van der Waals surface area contributed by atoms with Crippen LogP contribution >= 0.6 is 11.9 Å². The van der Waals surface area contributed by atoms with Gasteiger partial charge in [-0.05, 0) is 78.7 Å². The Labute approximate surface area is 164 Å². The van der Waals surface area contributed by atoms with Crippen molar-refractivity contribution in [3.8, 4) is 16.9 Å². The number of phenols is 1. The van der Waals surface area contributed by atoms with Crippen molar-refractivity contribution in [1.82, 2.24) is 4.31 Å². The van der Waals surface area contributed by atoms with Crippen LogP contribution in [0.4, 0.5) is 17.6 Å². The van der Waals surface area contributed by atoms with E-state index in [1.165, 1.54) is 42.3 Å². The molecule has 146 valence electrons. The lowest BCUT2D eigenvalue weighted by Gasteiger charge is -2.17. The van der Waals surface area contributed by atoms with Crippen molar-refractivity contribution in [1.29, 1.82) is 0 Å². The number of hydrogen-bond acceptors (Lipinski definition) is 3. The Morgan fingerprint density at radius 2 is 1.68 bits per heavy atom. The molecule has 0 fully saturated rings.